The lowest BCUT2D eigenvalue weighted by molar-refractivity contribution is -0.131. The summed E-state index contributed by atoms with van der Waals surface area (Å²) < 4.78 is 0. The Morgan fingerprint density at radius 2 is 2.05 bits per heavy atom. The molecule has 0 radical (unpaired) electrons. The van der Waals surface area contributed by atoms with Crippen molar-refractivity contribution in [3.8, 4) is 0 Å². The number of nitrogens with zero attached hydrogens (tertiary/aromatic N) is 1. The van der Waals surface area contributed by atoms with Gasteiger partial charge in [0.15, 0.2) is 0 Å². The molecule has 120 valence electrons. The summed E-state index contributed by atoms with van der Waals surface area (Å²) in [5.41, 5.74) is 2.63. The number of amides is 2. The van der Waals surface area contributed by atoms with Crippen molar-refractivity contribution < 1.29 is 9.59 Å². The molecule has 0 saturated carbocycles. The van der Waals surface area contributed by atoms with Gasteiger partial charge in [-0.15, -0.1) is 11.8 Å². The number of carbonyl (C=O) groups is 2. The van der Waals surface area contributed by atoms with E-state index in [1.165, 1.54) is 18.1 Å². The van der Waals surface area contributed by atoms with Crippen molar-refractivity contribution in [3.63, 3.8) is 0 Å². The molecule has 1 heterocycles. The van der Waals surface area contributed by atoms with Gasteiger partial charge in [-0.3, -0.25) is 9.59 Å². The van der Waals surface area contributed by atoms with Crippen LogP contribution in [-0.2, 0) is 22.6 Å². The van der Waals surface area contributed by atoms with Crippen molar-refractivity contribution in [1.29, 1.82) is 0 Å². The van der Waals surface area contributed by atoms with Crippen molar-refractivity contribution in [1.82, 2.24) is 10.2 Å². The third-order valence-electron chi connectivity index (χ3n) is 3.85. The highest BCUT2D eigenvalue weighted by atomic mass is 32.2. The lowest BCUT2D eigenvalue weighted by Crippen LogP contribution is -2.40. The third-order valence-corrected chi connectivity index (χ3v) is 5.08. The molecule has 0 saturated heterocycles. The van der Waals surface area contributed by atoms with Crippen LogP contribution in [0.2, 0.25) is 0 Å². The van der Waals surface area contributed by atoms with Gasteiger partial charge in [0, 0.05) is 26.6 Å². The molecule has 0 aliphatic carbocycles. The second-order valence-electron chi connectivity index (χ2n) is 5.63. The quantitative estimate of drug-likeness (QED) is 0.818. The van der Waals surface area contributed by atoms with E-state index >= 15 is 0 Å². The summed E-state index contributed by atoms with van der Waals surface area (Å²) in [6.45, 7) is 5.72. The minimum Gasteiger partial charge on any atom is -0.356 e. The van der Waals surface area contributed by atoms with Crippen LogP contribution in [-0.4, -0.2) is 40.8 Å². The molecule has 5 heteroatoms. The Morgan fingerprint density at radius 3 is 2.77 bits per heavy atom. The predicted octanol–water partition coefficient (Wildman–Crippen LogP) is 2.22. The van der Waals surface area contributed by atoms with Gasteiger partial charge in [-0.05, 0) is 36.6 Å². The number of fused-ring (bicyclic) bond motifs is 1. The molecular weight excluding hydrogens is 296 g/mol. The van der Waals surface area contributed by atoms with Crippen LogP contribution in [0.4, 0.5) is 0 Å². The molecule has 0 bridgehead atoms. The van der Waals surface area contributed by atoms with Crippen molar-refractivity contribution in [2.75, 3.05) is 18.8 Å². The highest BCUT2D eigenvalue weighted by molar-refractivity contribution is 8.00. The van der Waals surface area contributed by atoms with Crippen LogP contribution in [0.1, 0.15) is 31.4 Å². The standard InChI is InChI=1S/C17H24N2O2S/c1-13(22-11-5-9-18-14(2)20)17(21)19-10-8-15-6-3-4-7-16(15)12-19/h3-4,6-7,13H,5,8-12H2,1-2H3,(H,18,20). The van der Waals surface area contributed by atoms with Crippen molar-refractivity contribution in [2.24, 2.45) is 0 Å². The number of hydrogen-bond acceptors (Lipinski definition) is 3. The van der Waals surface area contributed by atoms with Gasteiger partial charge < -0.3 is 10.2 Å². The average Bonchev–Trinajstić information content (AvgIpc) is 2.52. The van der Waals surface area contributed by atoms with Gasteiger partial charge in [0.25, 0.3) is 0 Å². The molecule has 0 fully saturated rings. The van der Waals surface area contributed by atoms with Gasteiger partial charge in [-0.2, -0.15) is 0 Å². The van der Waals surface area contributed by atoms with Crippen LogP contribution in [0.15, 0.2) is 24.3 Å². The first-order valence-electron chi connectivity index (χ1n) is 7.79. The van der Waals surface area contributed by atoms with Gasteiger partial charge in [0.05, 0.1) is 5.25 Å². The first kappa shape index (κ1) is 16.9. The number of carbonyl (C=O) groups excluding carboxylic acids is 2. The normalized spacial score (nSPS) is 15.1. The molecule has 1 unspecified atom stereocenters. The van der Waals surface area contributed by atoms with Gasteiger partial charge in [-0.25, -0.2) is 0 Å². The Hall–Kier alpha value is -1.49. The molecule has 1 aliphatic heterocycles. The maximum absolute atomic E-state index is 12.5. The number of benzene rings is 1. The Balaban J connectivity index is 1.76. The number of thioether (sulfide) groups is 1. The van der Waals surface area contributed by atoms with E-state index in [0.29, 0.717) is 6.54 Å². The molecule has 1 atom stereocenters. The van der Waals surface area contributed by atoms with Crippen LogP contribution >= 0.6 is 11.8 Å². The van der Waals surface area contributed by atoms with E-state index in [0.717, 1.165) is 31.7 Å². The zero-order chi connectivity index (χ0) is 15.9. The van der Waals surface area contributed by atoms with Crippen LogP contribution < -0.4 is 5.32 Å². The highest BCUT2D eigenvalue weighted by Crippen LogP contribution is 2.22. The monoisotopic (exact) mass is 320 g/mol. The maximum atomic E-state index is 12.5. The van der Waals surface area contributed by atoms with E-state index in [1.807, 2.05) is 17.9 Å². The molecule has 2 rings (SSSR count). The molecule has 1 aromatic rings. The summed E-state index contributed by atoms with van der Waals surface area (Å²) in [4.78, 5) is 25.3. The van der Waals surface area contributed by atoms with Crippen molar-refractivity contribution in [3.05, 3.63) is 35.4 Å². The van der Waals surface area contributed by atoms with E-state index in [-0.39, 0.29) is 17.1 Å². The summed E-state index contributed by atoms with van der Waals surface area (Å²) in [6.07, 6.45) is 1.84. The topological polar surface area (TPSA) is 49.4 Å². The fourth-order valence-corrected chi connectivity index (χ4v) is 3.57. The lowest BCUT2D eigenvalue weighted by Gasteiger charge is -2.30. The molecule has 4 nitrogen and oxygen atoms in total. The van der Waals surface area contributed by atoms with E-state index < -0.39 is 0 Å². The number of nitrogens with one attached hydrogen (secondary N) is 1. The molecule has 0 spiro atoms. The second kappa shape index (κ2) is 8.22. The second-order valence-corrected chi connectivity index (χ2v) is 7.08. The zero-order valence-corrected chi connectivity index (χ0v) is 14.1. The van der Waals surface area contributed by atoms with Crippen molar-refractivity contribution >= 4 is 23.6 Å². The minimum atomic E-state index is -0.0254. The van der Waals surface area contributed by atoms with Crippen LogP contribution in [0.3, 0.4) is 0 Å². The van der Waals surface area contributed by atoms with E-state index in [4.69, 9.17) is 0 Å². The smallest absolute Gasteiger partial charge is 0.235 e. The zero-order valence-electron chi connectivity index (χ0n) is 13.3. The highest BCUT2D eigenvalue weighted by Gasteiger charge is 2.24. The Labute approximate surface area is 136 Å². The SMILES string of the molecule is CC(=O)NCCCSC(C)C(=O)N1CCc2ccccc2C1. The predicted molar refractivity (Wildman–Crippen MR) is 90.8 cm³/mol. The van der Waals surface area contributed by atoms with E-state index in [2.05, 4.69) is 23.5 Å². The molecule has 1 N–H and O–H groups in total. The van der Waals surface area contributed by atoms with Crippen LogP contribution in [0, 0.1) is 0 Å². The van der Waals surface area contributed by atoms with Crippen LogP contribution in [0.25, 0.3) is 0 Å². The van der Waals surface area contributed by atoms with Gasteiger partial charge in [0.1, 0.15) is 0 Å². The molecule has 1 aromatic carbocycles. The summed E-state index contributed by atoms with van der Waals surface area (Å²) in [7, 11) is 0. The minimum absolute atomic E-state index is 0.00102. The first-order valence-corrected chi connectivity index (χ1v) is 8.84. The van der Waals surface area contributed by atoms with Gasteiger partial charge >= 0.3 is 0 Å². The Morgan fingerprint density at radius 1 is 1.32 bits per heavy atom. The largest absolute Gasteiger partial charge is 0.356 e. The van der Waals surface area contributed by atoms with E-state index in [1.54, 1.807) is 11.8 Å². The first-order chi connectivity index (χ1) is 10.6. The maximum Gasteiger partial charge on any atom is 0.235 e. The summed E-state index contributed by atoms with van der Waals surface area (Å²) in [5, 5.41) is 2.75. The molecule has 22 heavy (non-hydrogen) atoms. The Kier molecular flexibility index (Phi) is 6.31. The lowest BCUT2D eigenvalue weighted by atomic mass is 10.00. The molecular formula is C17H24N2O2S. The molecule has 0 aromatic heterocycles. The third kappa shape index (κ3) is 4.77. The Bertz CT molecular complexity index is 533. The molecule has 2 amide bonds. The number of hydrogen-bond donors (Lipinski definition) is 1. The summed E-state index contributed by atoms with van der Waals surface area (Å²) in [6, 6.07) is 8.36. The average molecular weight is 320 g/mol. The summed E-state index contributed by atoms with van der Waals surface area (Å²) in [5.74, 6) is 1.11. The fourth-order valence-electron chi connectivity index (χ4n) is 2.61. The summed E-state index contributed by atoms with van der Waals surface area (Å²) >= 11 is 1.67. The number of rotatable bonds is 6. The van der Waals surface area contributed by atoms with Gasteiger partial charge in [0.2, 0.25) is 11.8 Å². The van der Waals surface area contributed by atoms with Crippen LogP contribution in [0.5, 0.6) is 0 Å². The van der Waals surface area contributed by atoms with E-state index in [9.17, 15) is 9.59 Å². The fraction of sp³-hybridized carbons (Fsp3) is 0.529. The molecule has 1 aliphatic rings. The van der Waals surface area contributed by atoms with Gasteiger partial charge in [-0.1, -0.05) is 24.3 Å². The van der Waals surface area contributed by atoms with Crippen molar-refractivity contribution in [2.45, 2.75) is 38.5 Å².